The molecule has 0 bridgehead atoms. The van der Waals surface area contributed by atoms with Crippen molar-refractivity contribution in [1.82, 2.24) is 14.9 Å². The maximum atomic E-state index is 12.2. The maximum Gasteiger partial charge on any atom is 0.226 e. The number of aromatic nitrogens is 2. The predicted octanol–water partition coefficient (Wildman–Crippen LogP) is 6.42. The van der Waals surface area contributed by atoms with Gasteiger partial charge in [0, 0.05) is 36.2 Å². The minimum absolute atomic E-state index is 0.0700. The van der Waals surface area contributed by atoms with E-state index in [0.717, 1.165) is 11.4 Å². The van der Waals surface area contributed by atoms with Crippen LogP contribution < -0.4 is 15.5 Å². The van der Waals surface area contributed by atoms with E-state index in [4.69, 9.17) is 23.8 Å². The summed E-state index contributed by atoms with van der Waals surface area (Å²) in [6.45, 7) is 3.71. The molecular weight excluding hydrogens is 478 g/mol. The van der Waals surface area contributed by atoms with E-state index in [0.29, 0.717) is 21.9 Å². The van der Waals surface area contributed by atoms with E-state index >= 15 is 0 Å². The quantitative estimate of drug-likeness (QED) is 0.377. The van der Waals surface area contributed by atoms with Crippen LogP contribution in [0.2, 0.25) is 5.02 Å². The van der Waals surface area contributed by atoms with Gasteiger partial charge in [-0.05, 0) is 67.0 Å². The molecule has 1 saturated heterocycles. The second kappa shape index (κ2) is 9.99. The summed E-state index contributed by atoms with van der Waals surface area (Å²) in [4.78, 5) is 18.9. The molecule has 3 heterocycles. The van der Waals surface area contributed by atoms with Gasteiger partial charge in [0.2, 0.25) is 5.91 Å². The van der Waals surface area contributed by atoms with Crippen LogP contribution >= 0.6 is 23.8 Å². The Kier molecular flexibility index (Phi) is 6.80. The lowest BCUT2D eigenvalue weighted by atomic mass is 9.98. The van der Waals surface area contributed by atoms with Gasteiger partial charge in [-0.15, -0.1) is 0 Å². The van der Waals surface area contributed by atoms with Gasteiger partial charge in [-0.25, -0.2) is 0 Å². The number of pyridine rings is 1. The van der Waals surface area contributed by atoms with Crippen molar-refractivity contribution in [2.24, 2.45) is 5.92 Å². The zero-order valence-corrected chi connectivity index (χ0v) is 21.5. The number of nitrogens with one attached hydrogen (secondary N) is 2. The third-order valence-corrected chi connectivity index (χ3v) is 7.56. The lowest BCUT2D eigenvalue weighted by molar-refractivity contribution is -0.118. The van der Waals surface area contributed by atoms with Crippen molar-refractivity contribution in [1.29, 1.82) is 0 Å². The molecule has 5 rings (SSSR count). The Bertz CT molecular complexity index is 1220. The second-order valence-corrected chi connectivity index (χ2v) is 10.4. The van der Waals surface area contributed by atoms with Gasteiger partial charge in [0.05, 0.1) is 28.5 Å². The van der Waals surface area contributed by atoms with Crippen molar-refractivity contribution < 1.29 is 4.79 Å². The number of anilines is 2. The van der Waals surface area contributed by atoms with E-state index in [1.54, 1.807) is 0 Å². The summed E-state index contributed by atoms with van der Waals surface area (Å²) < 4.78 is 2.36. The number of rotatable bonds is 6. The topological polar surface area (TPSA) is 62.2 Å². The van der Waals surface area contributed by atoms with Crippen molar-refractivity contribution in [2.75, 3.05) is 10.2 Å². The average molecular weight is 508 g/mol. The van der Waals surface area contributed by atoms with E-state index in [-0.39, 0.29) is 23.9 Å². The molecule has 1 aliphatic carbocycles. The minimum atomic E-state index is -0.131. The Morgan fingerprint density at radius 3 is 2.69 bits per heavy atom. The molecule has 1 amide bonds. The smallest absolute Gasteiger partial charge is 0.226 e. The van der Waals surface area contributed by atoms with Crippen LogP contribution in [0.1, 0.15) is 68.9 Å². The van der Waals surface area contributed by atoms with Crippen LogP contribution in [-0.4, -0.2) is 20.6 Å². The summed E-state index contributed by atoms with van der Waals surface area (Å²) >= 11 is 12.5. The number of carbonyl (C=O) groups excluding carboxylic acids is 1. The second-order valence-electron chi connectivity index (χ2n) is 9.64. The number of halogens is 1. The molecule has 0 unspecified atom stereocenters. The molecule has 2 atom stereocenters. The largest absolute Gasteiger partial charge is 0.351 e. The monoisotopic (exact) mass is 507 g/mol. The van der Waals surface area contributed by atoms with E-state index in [9.17, 15) is 4.79 Å². The van der Waals surface area contributed by atoms with E-state index < -0.39 is 0 Å². The predicted molar refractivity (Wildman–Crippen MR) is 145 cm³/mol. The summed E-state index contributed by atoms with van der Waals surface area (Å²) in [5.74, 6) is -0.201. The molecule has 6 nitrogen and oxygen atoms in total. The van der Waals surface area contributed by atoms with Gasteiger partial charge in [0.25, 0.3) is 0 Å². The standard InChI is InChI=1S/C27H30ClN5OS/c1-17(2)26(34)30-22-11-10-20(15-21(22)28)33-25(18-12-14-32(16-18)19-7-3-4-8-19)24(31-27(33)35)23-9-5-6-13-29-23/h5-6,9-17,19,24-25H,3-4,7-8H2,1-2H3,(H,30,34)(H,31,35)/t24-,25-/m0/s1. The van der Waals surface area contributed by atoms with Gasteiger partial charge in [0.1, 0.15) is 0 Å². The Balaban J connectivity index is 1.52. The zero-order valence-electron chi connectivity index (χ0n) is 19.9. The van der Waals surface area contributed by atoms with E-state index in [1.165, 1.54) is 31.2 Å². The van der Waals surface area contributed by atoms with Gasteiger partial charge >= 0.3 is 0 Å². The number of carbonyl (C=O) groups is 1. The number of hydrogen-bond donors (Lipinski definition) is 2. The molecule has 0 spiro atoms. The molecule has 182 valence electrons. The van der Waals surface area contributed by atoms with Crippen molar-refractivity contribution in [3.05, 3.63) is 77.3 Å². The molecule has 2 aromatic heterocycles. The highest BCUT2D eigenvalue weighted by atomic mass is 35.5. The lowest BCUT2D eigenvalue weighted by Gasteiger charge is -2.28. The van der Waals surface area contributed by atoms with Crippen LogP contribution in [0.5, 0.6) is 0 Å². The number of nitrogens with zero attached hydrogens (tertiary/aromatic N) is 3. The Labute approximate surface area is 216 Å². The summed E-state index contributed by atoms with van der Waals surface area (Å²) in [6, 6.07) is 14.2. The first-order valence-corrected chi connectivity index (χ1v) is 13.0. The first-order valence-electron chi connectivity index (χ1n) is 12.2. The van der Waals surface area contributed by atoms with Crippen LogP contribution in [0.3, 0.4) is 0 Å². The molecule has 2 fully saturated rings. The summed E-state index contributed by atoms with van der Waals surface area (Å²) in [5.41, 5.74) is 3.57. The van der Waals surface area contributed by atoms with Gasteiger partial charge in [-0.3, -0.25) is 9.78 Å². The number of hydrogen-bond acceptors (Lipinski definition) is 3. The molecule has 1 saturated carbocycles. The van der Waals surface area contributed by atoms with Gasteiger partial charge in [-0.1, -0.05) is 44.4 Å². The van der Waals surface area contributed by atoms with Gasteiger partial charge in [0.15, 0.2) is 5.11 Å². The highest BCUT2D eigenvalue weighted by Gasteiger charge is 2.41. The van der Waals surface area contributed by atoms with Gasteiger partial charge in [-0.2, -0.15) is 0 Å². The molecule has 35 heavy (non-hydrogen) atoms. The molecule has 1 aromatic carbocycles. The van der Waals surface area contributed by atoms with Crippen molar-refractivity contribution in [3.63, 3.8) is 0 Å². The fourth-order valence-corrected chi connectivity index (χ4v) is 5.61. The first kappa shape index (κ1) is 23.8. The number of thiocarbonyl (C=S) groups is 1. The van der Waals surface area contributed by atoms with Crippen molar-refractivity contribution in [3.8, 4) is 0 Å². The molecule has 8 heteroatoms. The fraction of sp³-hybridized carbons (Fsp3) is 0.370. The van der Waals surface area contributed by atoms with Crippen LogP contribution in [0.15, 0.2) is 61.1 Å². The molecule has 2 aliphatic rings. The van der Waals surface area contributed by atoms with Crippen molar-refractivity contribution in [2.45, 2.75) is 57.7 Å². The molecule has 3 aromatic rings. The van der Waals surface area contributed by atoms with Crippen LogP contribution in [-0.2, 0) is 4.79 Å². The average Bonchev–Trinajstić information content (AvgIpc) is 3.60. The Morgan fingerprint density at radius 1 is 1.20 bits per heavy atom. The molecule has 2 N–H and O–H groups in total. The van der Waals surface area contributed by atoms with Crippen LogP contribution in [0, 0.1) is 5.92 Å². The Hall–Kier alpha value is -2.90. The molecule has 1 aliphatic heterocycles. The fourth-order valence-electron chi connectivity index (χ4n) is 5.04. The van der Waals surface area contributed by atoms with E-state index in [1.807, 2.05) is 56.4 Å². The normalized spacial score (nSPS) is 20.5. The summed E-state index contributed by atoms with van der Waals surface area (Å²) in [7, 11) is 0. The third-order valence-electron chi connectivity index (χ3n) is 6.94. The highest BCUT2D eigenvalue weighted by molar-refractivity contribution is 7.80. The van der Waals surface area contributed by atoms with Crippen LogP contribution in [0.25, 0.3) is 0 Å². The summed E-state index contributed by atoms with van der Waals surface area (Å²) in [5, 5.41) is 7.49. The van der Waals surface area contributed by atoms with Crippen molar-refractivity contribution >= 4 is 46.2 Å². The third kappa shape index (κ3) is 4.80. The molecular formula is C27H30ClN5OS. The first-order chi connectivity index (χ1) is 16.9. The van der Waals surface area contributed by atoms with E-state index in [2.05, 4.69) is 43.5 Å². The number of benzene rings is 1. The Morgan fingerprint density at radius 2 is 2.00 bits per heavy atom. The molecule has 0 radical (unpaired) electrons. The maximum absolute atomic E-state index is 12.2. The zero-order chi connectivity index (χ0) is 24.5. The lowest BCUT2D eigenvalue weighted by Crippen LogP contribution is -2.29. The number of amides is 1. The minimum Gasteiger partial charge on any atom is -0.351 e. The summed E-state index contributed by atoms with van der Waals surface area (Å²) in [6.07, 6.45) is 11.3. The van der Waals surface area contributed by atoms with Gasteiger partial charge < -0.3 is 20.1 Å². The SMILES string of the molecule is CC(C)C(=O)Nc1ccc(N2C(=S)N[C@@H](c3ccccn3)[C@@H]2c2ccn(C3CCCC3)c2)cc1Cl. The highest BCUT2D eigenvalue weighted by Crippen LogP contribution is 2.43. The van der Waals surface area contributed by atoms with Crippen LogP contribution in [0.4, 0.5) is 11.4 Å².